The van der Waals surface area contributed by atoms with Crippen LogP contribution in [0.15, 0.2) is 85.1 Å². The molecular formula is C70H122O6. The maximum Gasteiger partial charge on any atom is 0.306 e. The maximum absolute atomic E-state index is 12.8. The van der Waals surface area contributed by atoms with Gasteiger partial charge in [0.05, 0.1) is 0 Å². The molecule has 0 heterocycles. The number of hydrogen-bond acceptors (Lipinski definition) is 6. The lowest BCUT2D eigenvalue weighted by molar-refractivity contribution is -0.167. The van der Waals surface area contributed by atoms with E-state index in [1.165, 1.54) is 173 Å². The molecule has 0 radical (unpaired) electrons. The van der Waals surface area contributed by atoms with E-state index >= 15 is 0 Å². The fourth-order valence-corrected chi connectivity index (χ4v) is 9.31. The van der Waals surface area contributed by atoms with E-state index in [9.17, 15) is 14.4 Å². The van der Waals surface area contributed by atoms with E-state index < -0.39 is 6.10 Å². The Morgan fingerprint density at radius 1 is 0.276 bits per heavy atom. The number of rotatable bonds is 59. The van der Waals surface area contributed by atoms with Gasteiger partial charge in [-0.05, 0) is 77.0 Å². The largest absolute Gasteiger partial charge is 0.462 e. The highest BCUT2D eigenvalue weighted by Gasteiger charge is 2.19. The van der Waals surface area contributed by atoms with Crippen LogP contribution in [-0.4, -0.2) is 37.2 Å². The van der Waals surface area contributed by atoms with Crippen LogP contribution in [0.25, 0.3) is 0 Å². The van der Waals surface area contributed by atoms with Crippen molar-refractivity contribution >= 4 is 17.9 Å². The molecule has 0 saturated carbocycles. The molecule has 1 atom stereocenters. The summed E-state index contributed by atoms with van der Waals surface area (Å²) in [5.41, 5.74) is 0. The molecule has 0 aliphatic heterocycles. The first-order valence-electron chi connectivity index (χ1n) is 32.6. The summed E-state index contributed by atoms with van der Waals surface area (Å²) in [7, 11) is 0. The van der Waals surface area contributed by atoms with Crippen molar-refractivity contribution in [2.45, 2.75) is 329 Å². The van der Waals surface area contributed by atoms with Crippen molar-refractivity contribution in [3.63, 3.8) is 0 Å². The quantitative estimate of drug-likeness (QED) is 0.0261. The predicted molar refractivity (Wildman–Crippen MR) is 330 cm³/mol. The molecule has 0 spiro atoms. The summed E-state index contributed by atoms with van der Waals surface area (Å²) in [6, 6.07) is 0. The van der Waals surface area contributed by atoms with Crippen LogP contribution in [0.2, 0.25) is 0 Å². The smallest absolute Gasteiger partial charge is 0.306 e. The number of unbranched alkanes of at least 4 members (excludes halogenated alkanes) is 34. The number of carbonyl (C=O) groups is 3. The normalized spacial score (nSPS) is 12.6. The molecule has 6 heteroatoms. The monoisotopic (exact) mass is 1060 g/mol. The van der Waals surface area contributed by atoms with Crippen LogP contribution in [0, 0.1) is 0 Å². The Labute approximate surface area is 471 Å². The fraction of sp³-hybridized carbons (Fsp3) is 0.757. The zero-order valence-electron chi connectivity index (χ0n) is 50.3. The predicted octanol–water partition coefficient (Wildman–Crippen LogP) is 22.3. The summed E-state index contributed by atoms with van der Waals surface area (Å²) < 4.78 is 16.8. The molecule has 438 valence electrons. The first-order chi connectivity index (χ1) is 37.5. The summed E-state index contributed by atoms with van der Waals surface area (Å²) in [4.78, 5) is 38.0. The van der Waals surface area contributed by atoms with E-state index in [0.717, 1.165) is 109 Å². The van der Waals surface area contributed by atoms with Crippen LogP contribution in [0.5, 0.6) is 0 Å². The van der Waals surface area contributed by atoms with Gasteiger partial charge in [-0.1, -0.05) is 311 Å². The summed E-state index contributed by atoms with van der Waals surface area (Å²) in [6.07, 6.45) is 85.0. The third-order valence-corrected chi connectivity index (χ3v) is 14.2. The van der Waals surface area contributed by atoms with E-state index in [2.05, 4.69) is 106 Å². The first-order valence-corrected chi connectivity index (χ1v) is 32.6. The van der Waals surface area contributed by atoms with Gasteiger partial charge in [-0.15, -0.1) is 0 Å². The number of esters is 3. The van der Waals surface area contributed by atoms with Gasteiger partial charge >= 0.3 is 17.9 Å². The van der Waals surface area contributed by atoms with E-state index in [1.54, 1.807) is 0 Å². The zero-order valence-corrected chi connectivity index (χ0v) is 50.3. The van der Waals surface area contributed by atoms with Crippen molar-refractivity contribution < 1.29 is 28.6 Å². The zero-order chi connectivity index (χ0) is 55.0. The minimum absolute atomic E-state index is 0.0874. The Kier molecular flexibility index (Phi) is 61.2. The van der Waals surface area contributed by atoms with Crippen molar-refractivity contribution in [2.75, 3.05) is 13.2 Å². The Morgan fingerprint density at radius 2 is 0.513 bits per heavy atom. The van der Waals surface area contributed by atoms with E-state index in [-0.39, 0.29) is 37.5 Å². The summed E-state index contributed by atoms with van der Waals surface area (Å²) in [6.45, 7) is 6.47. The van der Waals surface area contributed by atoms with Gasteiger partial charge in [0.1, 0.15) is 13.2 Å². The Morgan fingerprint density at radius 3 is 0.803 bits per heavy atom. The molecule has 0 amide bonds. The van der Waals surface area contributed by atoms with Gasteiger partial charge in [-0.25, -0.2) is 0 Å². The highest BCUT2D eigenvalue weighted by Crippen LogP contribution is 2.17. The molecule has 0 saturated heterocycles. The average Bonchev–Trinajstić information content (AvgIpc) is 3.42. The lowest BCUT2D eigenvalue weighted by atomic mass is 10.0. The second kappa shape index (κ2) is 64.1. The molecule has 0 aliphatic rings. The van der Waals surface area contributed by atoms with Gasteiger partial charge in [-0.2, -0.15) is 0 Å². The van der Waals surface area contributed by atoms with Gasteiger partial charge in [0, 0.05) is 19.3 Å². The van der Waals surface area contributed by atoms with Crippen LogP contribution in [0.3, 0.4) is 0 Å². The van der Waals surface area contributed by atoms with Crippen LogP contribution >= 0.6 is 0 Å². The van der Waals surface area contributed by atoms with Gasteiger partial charge in [0.2, 0.25) is 0 Å². The maximum atomic E-state index is 12.8. The molecule has 0 fully saturated rings. The first kappa shape index (κ1) is 72.6. The number of allylic oxidation sites excluding steroid dienone is 14. The molecular weight excluding hydrogens is 937 g/mol. The summed E-state index contributed by atoms with van der Waals surface area (Å²) >= 11 is 0. The third-order valence-electron chi connectivity index (χ3n) is 14.2. The van der Waals surface area contributed by atoms with Crippen LogP contribution in [-0.2, 0) is 28.6 Å². The highest BCUT2D eigenvalue weighted by atomic mass is 16.6. The molecule has 6 nitrogen and oxygen atoms in total. The topological polar surface area (TPSA) is 78.9 Å². The Balaban J connectivity index is 4.12. The minimum Gasteiger partial charge on any atom is -0.462 e. The molecule has 0 aromatic rings. The van der Waals surface area contributed by atoms with Crippen LogP contribution in [0.4, 0.5) is 0 Å². The standard InChI is InChI=1S/C70H122O6/c1-4-7-10-13-16-18-20-22-24-26-28-30-32-34-35-37-38-40-42-44-46-48-50-52-54-57-60-63-69(72)75-66-67(65-74-68(71)62-59-56-15-12-9-6-3)76-70(73)64-61-58-55-53-51-49-47-45-43-41-39-36-33-31-29-27-25-23-21-19-17-14-11-8-5-2/h8,11,17,19,23,25,29,31,36,39,43,45,49,51,67H,4-7,9-10,12-16,18,20-22,24,26-28,30,32-35,37-38,40-42,44,46-48,50,52-66H2,1-3H3/b11-8-,19-17-,25-23-,31-29-,39-36-,45-43-,51-49-. The summed E-state index contributed by atoms with van der Waals surface area (Å²) in [5, 5.41) is 0. The Hall–Kier alpha value is -3.41. The number of ether oxygens (including phenoxy) is 3. The van der Waals surface area contributed by atoms with E-state index in [1.807, 2.05) is 0 Å². The van der Waals surface area contributed by atoms with Crippen molar-refractivity contribution in [1.29, 1.82) is 0 Å². The molecule has 0 N–H and O–H groups in total. The van der Waals surface area contributed by atoms with Crippen molar-refractivity contribution in [1.82, 2.24) is 0 Å². The SMILES string of the molecule is CC/C=C\C/C=C\C/C=C\C/C=C\C/C=C\C/C=C\C/C=C\CCCCCC(=O)OC(COC(=O)CCCCCCCC)COC(=O)CCCCCCCCCCCCCCCCCCCCCCCCCCCCC. The van der Waals surface area contributed by atoms with Gasteiger partial charge in [0.25, 0.3) is 0 Å². The van der Waals surface area contributed by atoms with Crippen molar-refractivity contribution in [2.24, 2.45) is 0 Å². The van der Waals surface area contributed by atoms with Crippen LogP contribution in [0.1, 0.15) is 323 Å². The molecule has 1 unspecified atom stereocenters. The van der Waals surface area contributed by atoms with Gasteiger partial charge < -0.3 is 14.2 Å². The molecule has 0 aromatic carbocycles. The Bertz CT molecular complexity index is 1450. The van der Waals surface area contributed by atoms with Crippen LogP contribution < -0.4 is 0 Å². The lowest BCUT2D eigenvalue weighted by Gasteiger charge is -2.18. The molecule has 0 aliphatic carbocycles. The van der Waals surface area contributed by atoms with Crippen molar-refractivity contribution in [3.05, 3.63) is 85.1 Å². The second-order valence-electron chi connectivity index (χ2n) is 21.7. The molecule has 0 bridgehead atoms. The van der Waals surface area contributed by atoms with Gasteiger partial charge in [-0.3, -0.25) is 14.4 Å². The summed E-state index contributed by atoms with van der Waals surface area (Å²) in [5.74, 6) is -0.919. The highest BCUT2D eigenvalue weighted by molar-refractivity contribution is 5.71. The lowest BCUT2D eigenvalue weighted by Crippen LogP contribution is -2.30. The third kappa shape index (κ3) is 61.4. The van der Waals surface area contributed by atoms with E-state index in [0.29, 0.717) is 12.8 Å². The van der Waals surface area contributed by atoms with Crippen molar-refractivity contribution in [3.8, 4) is 0 Å². The number of hydrogen-bond donors (Lipinski definition) is 0. The molecule has 76 heavy (non-hydrogen) atoms. The number of carbonyl (C=O) groups excluding carboxylic acids is 3. The minimum atomic E-state index is -0.791. The molecule has 0 rings (SSSR count). The van der Waals surface area contributed by atoms with E-state index in [4.69, 9.17) is 14.2 Å². The van der Waals surface area contributed by atoms with Gasteiger partial charge in [0.15, 0.2) is 6.10 Å². The molecule has 0 aromatic heterocycles. The second-order valence-corrected chi connectivity index (χ2v) is 21.7. The fourth-order valence-electron chi connectivity index (χ4n) is 9.31. The average molecular weight is 1060 g/mol.